The van der Waals surface area contributed by atoms with Gasteiger partial charge in [0.05, 0.1) is 11.8 Å². The summed E-state index contributed by atoms with van der Waals surface area (Å²) in [5.74, 6) is 5.98. The first kappa shape index (κ1) is 19.2. The Labute approximate surface area is 164 Å². The van der Waals surface area contributed by atoms with Crippen molar-refractivity contribution in [1.29, 1.82) is 0 Å². The van der Waals surface area contributed by atoms with Crippen LogP contribution in [0.2, 0.25) is 5.02 Å². The summed E-state index contributed by atoms with van der Waals surface area (Å²) in [6.07, 6.45) is 0. The number of nitrogens with one attached hydrogen (secondary N) is 1. The Morgan fingerprint density at radius 1 is 1.26 bits per heavy atom. The Kier molecular flexibility index (Phi) is 5.98. The van der Waals surface area contributed by atoms with Crippen LogP contribution in [0, 0.1) is 5.82 Å². The van der Waals surface area contributed by atoms with Crippen molar-refractivity contribution in [2.75, 3.05) is 11.6 Å². The van der Waals surface area contributed by atoms with Gasteiger partial charge in [-0.05, 0) is 42.8 Å². The molecule has 0 aliphatic heterocycles. The van der Waals surface area contributed by atoms with E-state index in [4.69, 9.17) is 17.4 Å². The predicted octanol–water partition coefficient (Wildman–Crippen LogP) is 3.42. The third-order valence-corrected chi connectivity index (χ3v) is 5.14. The normalized spacial score (nSPS) is 12.0. The monoisotopic (exact) mass is 405 g/mol. The van der Waals surface area contributed by atoms with Gasteiger partial charge in [0.2, 0.25) is 11.1 Å². The Hall–Kier alpha value is -2.58. The SMILES string of the molecule is CC(NC(=O)CSc1nnc(-c2ccc(F)cc2)n1N)c1ccccc1Cl. The molecule has 1 aromatic heterocycles. The zero-order valence-corrected chi connectivity index (χ0v) is 16.0. The number of carbonyl (C=O) groups excluding carboxylic acids is 1. The number of thioether (sulfide) groups is 1. The molecule has 0 saturated heterocycles. The molecule has 0 saturated carbocycles. The summed E-state index contributed by atoms with van der Waals surface area (Å²) >= 11 is 7.31. The second-order valence-corrected chi connectivity index (χ2v) is 7.13. The van der Waals surface area contributed by atoms with Gasteiger partial charge in [-0.25, -0.2) is 9.07 Å². The van der Waals surface area contributed by atoms with Gasteiger partial charge in [-0.2, -0.15) is 0 Å². The van der Waals surface area contributed by atoms with Gasteiger partial charge in [0.15, 0.2) is 5.82 Å². The van der Waals surface area contributed by atoms with Crippen molar-refractivity contribution >= 4 is 29.3 Å². The number of carbonyl (C=O) groups is 1. The molecular weight excluding hydrogens is 389 g/mol. The van der Waals surface area contributed by atoms with Crippen molar-refractivity contribution in [3.8, 4) is 11.4 Å². The molecule has 140 valence electrons. The minimum atomic E-state index is -0.347. The van der Waals surface area contributed by atoms with E-state index in [-0.39, 0.29) is 23.5 Å². The molecule has 1 unspecified atom stereocenters. The molecule has 3 rings (SSSR count). The summed E-state index contributed by atoms with van der Waals surface area (Å²) in [4.78, 5) is 12.2. The van der Waals surface area contributed by atoms with Gasteiger partial charge in [0.25, 0.3) is 0 Å². The van der Waals surface area contributed by atoms with E-state index >= 15 is 0 Å². The van der Waals surface area contributed by atoms with Crippen LogP contribution >= 0.6 is 23.4 Å². The zero-order chi connectivity index (χ0) is 19.4. The standard InChI is InChI=1S/C18H17ClFN5OS/c1-11(14-4-2-3-5-15(14)19)22-16(26)10-27-18-24-23-17(25(18)21)12-6-8-13(20)9-7-12/h2-9,11H,10,21H2,1H3,(H,22,26). The summed E-state index contributed by atoms with van der Waals surface area (Å²) in [5.41, 5.74) is 1.48. The zero-order valence-electron chi connectivity index (χ0n) is 14.4. The average Bonchev–Trinajstić information content (AvgIpc) is 3.01. The van der Waals surface area contributed by atoms with Crippen LogP contribution in [0.25, 0.3) is 11.4 Å². The fourth-order valence-corrected chi connectivity index (χ4v) is 3.46. The number of hydrogen-bond donors (Lipinski definition) is 2. The third-order valence-electron chi connectivity index (χ3n) is 3.85. The number of benzene rings is 2. The number of nitrogens with zero attached hydrogens (tertiary/aromatic N) is 3. The van der Waals surface area contributed by atoms with Crippen molar-refractivity contribution in [2.24, 2.45) is 0 Å². The van der Waals surface area contributed by atoms with E-state index in [1.807, 2.05) is 25.1 Å². The highest BCUT2D eigenvalue weighted by Crippen LogP contribution is 2.24. The van der Waals surface area contributed by atoms with Crippen LogP contribution in [-0.2, 0) is 4.79 Å². The highest BCUT2D eigenvalue weighted by molar-refractivity contribution is 7.99. The van der Waals surface area contributed by atoms with E-state index in [1.54, 1.807) is 18.2 Å². The number of nitrogen functional groups attached to an aromatic ring is 1. The topological polar surface area (TPSA) is 85.8 Å². The molecule has 0 radical (unpaired) electrons. The molecule has 0 aliphatic rings. The second kappa shape index (κ2) is 8.41. The largest absolute Gasteiger partial charge is 0.349 e. The predicted molar refractivity (Wildman–Crippen MR) is 104 cm³/mol. The van der Waals surface area contributed by atoms with Gasteiger partial charge in [0, 0.05) is 10.6 Å². The smallest absolute Gasteiger partial charge is 0.230 e. The summed E-state index contributed by atoms with van der Waals surface area (Å²) in [7, 11) is 0. The van der Waals surface area contributed by atoms with Gasteiger partial charge >= 0.3 is 0 Å². The number of halogens is 2. The molecule has 0 spiro atoms. The maximum absolute atomic E-state index is 13.0. The second-order valence-electron chi connectivity index (χ2n) is 5.78. The van der Waals surface area contributed by atoms with Crippen LogP contribution in [-0.4, -0.2) is 26.5 Å². The lowest BCUT2D eigenvalue weighted by Crippen LogP contribution is -2.28. The summed E-state index contributed by atoms with van der Waals surface area (Å²) in [6, 6.07) is 12.9. The Balaban J connectivity index is 1.61. The molecule has 1 atom stereocenters. The Morgan fingerprint density at radius 3 is 2.67 bits per heavy atom. The van der Waals surface area contributed by atoms with E-state index in [0.717, 1.165) is 17.3 Å². The van der Waals surface area contributed by atoms with Crippen LogP contribution in [0.4, 0.5) is 4.39 Å². The molecule has 2 aromatic carbocycles. The van der Waals surface area contributed by atoms with Crippen molar-refractivity contribution < 1.29 is 9.18 Å². The Morgan fingerprint density at radius 2 is 1.96 bits per heavy atom. The van der Waals surface area contributed by atoms with E-state index in [2.05, 4.69) is 15.5 Å². The highest BCUT2D eigenvalue weighted by Gasteiger charge is 2.16. The van der Waals surface area contributed by atoms with Gasteiger partial charge in [0.1, 0.15) is 5.82 Å². The van der Waals surface area contributed by atoms with Gasteiger partial charge in [-0.3, -0.25) is 4.79 Å². The highest BCUT2D eigenvalue weighted by atomic mass is 35.5. The van der Waals surface area contributed by atoms with Gasteiger partial charge in [-0.15, -0.1) is 10.2 Å². The van der Waals surface area contributed by atoms with Crippen LogP contribution in [0.5, 0.6) is 0 Å². The lowest BCUT2D eigenvalue weighted by molar-refractivity contribution is -0.119. The molecule has 3 aromatic rings. The maximum atomic E-state index is 13.0. The maximum Gasteiger partial charge on any atom is 0.230 e. The third kappa shape index (κ3) is 4.58. The molecule has 27 heavy (non-hydrogen) atoms. The lowest BCUT2D eigenvalue weighted by atomic mass is 10.1. The summed E-state index contributed by atoms with van der Waals surface area (Å²) in [5, 5.41) is 11.9. The van der Waals surface area contributed by atoms with Crippen molar-refractivity contribution in [1.82, 2.24) is 20.2 Å². The molecule has 3 N–H and O–H groups in total. The number of hydrogen-bond acceptors (Lipinski definition) is 5. The number of amides is 1. The minimum Gasteiger partial charge on any atom is -0.349 e. The van der Waals surface area contributed by atoms with Crippen molar-refractivity contribution in [3.05, 3.63) is 64.9 Å². The summed E-state index contributed by atoms with van der Waals surface area (Å²) < 4.78 is 14.3. The molecule has 1 heterocycles. The molecular formula is C18H17ClFN5OS. The number of rotatable bonds is 6. The quantitative estimate of drug-likeness (QED) is 0.484. The number of aromatic nitrogens is 3. The van der Waals surface area contributed by atoms with Crippen LogP contribution in [0.1, 0.15) is 18.5 Å². The number of nitrogens with two attached hydrogens (primary N) is 1. The van der Waals surface area contributed by atoms with E-state index in [1.165, 1.54) is 16.8 Å². The molecule has 6 nitrogen and oxygen atoms in total. The van der Waals surface area contributed by atoms with Crippen molar-refractivity contribution in [2.45, 2.75) is 18.1 Å². The minimum absolute atomic E-state index is 0.119. The van der Waals surface area contributed by atoms with Crippen LogP contribution in [0.3, 0.4) is 0 Å². The first-order valence-electron chi connectivity index (χ1n) is 8.08. The van der Waals surface area contributed by atoms with E-state index < -0.39 is 0 Å². The van der Waals surface area contributed by atoms with Crippen molar-refractivity contribution in [3.63, 3.8) is 0 Å². The fourth-order valence-electron chi connectivity index (χ4n) is 2.49. The van der Waals surface area contributed by atoms with Gasteiger partial charge in [-0.1, -0.05) is 41.6 Å². The van der Waals surface area contributed by atoms with Crippen LogP contribution < -0.4 is 11.2 Å². The Bertz CT molecular complexity index is 947. The van der Waals surface area contributed by atoms with Crippen LogP contribution in [0.15, 0.2) is 53.7 Å². The average molecular weight is 406 g/mol. The fraction of sp³-hybridized carbons (Fsp3) is 0.167. The summed E-state index contributed by atoms with van der Waals surface area (Å²) in [6.45, 7) is 1.86. The van der Waals surface area contributed by atoms with E-state index in [9.17, 15) is 9.18 Å². The molecule has 0 aliphatic carbocycles. The first-order chi connectivity index (χ1) is 13.0. The molecule has 1 amide bonds. The lowest BCUT2D eigenvalue weighted by Gasteiger charge is -2.15. The first-order valence-corrected chi connectivity index (χ1v) is 9.45. The van der Waals surface area contributed by atoms with Gasteiger partial charge < -0.3 is 11.2 Å². The molecule has 0 bridgehead atoms. The van der Waals surface area contributed by atoms with E-state index in [0.29, 0.717) is 21.6 Å². The molecule has 0 fully saturated rings. The molecule has 9 heteroatoms.